The van der Waals surface area contributed by atoms with Gasteiger partial charge in [0, 0.05) is 7.05 Å². The van der Waals surface area contributed by atoms with Crippen LogP contribution in [-0.2, 0) is 20.8 Å². The van der Waals surface area contributed by atoms with Crippen molar-refractivity contribution in [2.24, 2.45) is 4.99 Å². The topological polar surface area (TPSA) is 89.4 Å². The SMILES string of the molecule is CNC(=O)OC1=N[C@@H]2[C@@H](F)[C@@H](OCc3ccccc3)[C@@H]([C@@H](O)C(F)(F)F)O[C@@H]2S1. The molecule has 2 aliphatic rings. The summed E-state index contributed by atoms with van der Waals surface area (Å²) in [6.07, 6.45) is -14.7. The molecule has 0 saturated carbocycles. The monoisotopic (exact) mass is 438 g/mol. The number of alkyl carbamates (subject to hydrolysis) is 1. The zero-order valence-corrected chi connectivity index (χ0v) is 15.8. The van der Waals surface area contributed by atoms with Gasteiger partial charge in [-0.15, -0.1) is 0 Å². The number of halogens is 4. The second-order valence-electron chi connectivity index (χ2n) is 6.30. The van der Waals surface area contributed by atoms with Crippen LogP contribution in [0.3, 0.4) is 0 Å². The maximum absolute atomic E-state index is 15.1. The molecule has 0 radical (unpaired) electrons. The first-order chi connectivity index (χ1) is 13.7. The molecule has 0 aliphatic carbocycles. The Morgan fingerprint density at radius 3 is 2.69 bits per heavy atom. The van der Waals surface area contributed by atoms with E-state index in [1.807, 2.05) is 0 Å². The summed E-state index contributed by atoms with van der Waals surface area (Å²) in [6, 6.07) is 7.20. The molecular weight excluding hydrogens is 420 g/mol. The fourth-order valence-corrected chi connectivity index (χ4v) is 3.93. The number of carbonyl (C=O) groups excluding carboxylic acids is 1. The lowest BCUT2D eigenvalue weighted by atomic mass is 9.95. The van der Waals surface area contributed by atoms with E-state index in [0.29, 0.717) is 17.3 Å². The third-order valence-electron chi connectivity index (χ3n) is 4.32. The number of nitrogens with one attached hydrogen (secondary N) is 1. The van der Waals surface area contributed by atoms with E-state index in [1.165, 1.54) is 7.05 Å². The molecule has 1 aromatic rings. The fourth-order valence-electron chi connectivity index (χ4n) is 2.89. The van der Waals surface area contributed by atoms with Crippen LogP contribution in [0.25, 0.3) is 0 Å². The van der Waals surface area contributed by atoms with Crippen LogP contribution in [0.2, 0.25) is 0 Å². The van der Waals surface area contributed by atoms with E-state index in [9.17, 15) is 23.1 Å². The molecular formula is C17H18F4N2O5S. The van der Waals surface area contributed by atoms with E-state index >= 15 is 4.39 Å². The number of thioether (sulfide) groups is 1. The Balaban J connectivity index is 1.80. The van der Waals surface area contributed by atoms with Gasteiger partial charge < -0.3 is 24.6 Å². The number of hydrogen-bond donors (Lipinski definition) is 2. The summed E-state index contributed by atoms with van der Waals surface area (Å²) in [5.74, 6) is 0. The van der Waals surface area contributed by atoms with Crippen molar-refractivity contribution in [1.82, 2.24) is 5.32 Å². The van der Waals surface area contributed by atoms with Crippen molar-refractivity contribution < 1.29 is 41.7 Å². The molecule has 1 amide bonds. The van der Waals surface area contributed by atoms with Crippen molar-refractivity contribution >= 4 is 23.1 Å². The summed E-state index contributed by atoms with van der Waals surface area (Å²) >= 11 is 0.661. The number of carbonyl (C=O) groups is 1. The number of amides is 1. The second kappa shape index (κ2) is 8.86. The minimum Gasteiger partial charge on any atom is -0.385 e. The number of benzene rings is 1. The number of ether oxygens (including phenoxy) is 3. The number of aliphatic imine (C=N–C) groups is 1. The Hall–Kier alpha value is -1.89. The highest BCUT2D eigenvalue weighted by Gasteiger charge is 2.58. The lowest BCUT2D eigenvalue weighted by Gasteiger charge is -2.41. The van der Waals surface area contributed by atoms with Crippen LogP contribution in [0.5, 0.6) is 0 Å². The van der Waals surface area contributed by atoms with Gasteiger partial charge in [0.2, 0.25) is 0 Å². The van der Waals surface area contributed by atoms with Gasteiger partial charge >= 0.3 is 12.3 Å². The van der Waals surface area contributed by atoms with Gasteiger partial charge in [0.15, 0.2) is 12.3 Å². The summed E-state index contributed by atoms with van der Waals surface area (Å²) in [5.41, 5.74) is -0.599. The molecule has 7 nitrogen and oxygen atoms in total. The molecule has 6 atom stereocenters. The number of aliphatic hydroxyl groups is 1. The number of alkyl halides is 4. The van der Waals surface area contributed by atoms with Crippen LogP contribution in [-0.4, -0.2) is 65.6 Å². The Morgan fingerprint density at radius 2 is 2.07 bits per heavy atom. The Kier molecular flexibility index (Phi) is 6.66. The third kappa shape index (κ3) is 5.00. The molecule has 29 heavy (non-hydrogen) atoms. The standard InChI is InChI=1S/C17H18F4N2O5S/c1-22-15(25)28-16-23-10-9(18)11(26-7-8-5-3-2-4-6-8)12(27-14(10)29-16)13(24)17(19,20)21/h2-6,9-14,24H,7H2,1H3,(H,22,25)/t9-,10-,11-,12+,13-,14-/m1/s1. The molecule has 0 aromatic heterocycles. The van der Waals surface area contributed by atoms with Crippen LogP contribution >= 0.6 is 11.8 Å². The van der Waals surface area contributed by atoms with Gasteiger partial charge in [-0.05, 0) is 17.3 Å². The summed E-state index contributed by atoms with van der Waals surface area (Å²) < 4.78 is 70.0. The maximum Gasteiger partial charge on any atom is 0.417 e. The number of nitrogens with zero attached hydrogens (tertiary/aromatic N) is 1. The van der Waals surface area contributed by atoms with Crippen molar-refractivity contribution in [3.63, 3.8) is 0 Å². The average Bonchev–Trinajstić information content (AvgIpc) is 3.09. The van der Waals surface area contributed by atoms with Crippen LogP contribution in [0.15, 0.2) is 35.3 Å². The molecule has 0 unspecified atom stereocenters. The molecule has 2 N–H and O–H groups in total. The highest BCUT2D eigenvalue weighted by Crippen LogP contribution is 2.42. The van der Waals surface area contributed by atoms with E-state index < -0.39 is 48.2 Å². The lowest BCUT2D eigenvalue weighted by molar-refractivity contribution is -0.273. The maximum atomic E-state index is 15.1. The Bertz CT molecular complexity index is 751. The number of fused-ring (bicyclic) bond motifs is 1. The first-order valence-corrected chi connectivity index (χ1v) is 9.42. The number of hydrogen-bond acceptors (Lipinski definition) is 7. The van der Waals surface area contributed by atoms with E-state index in [-0.39, 0.29) is 11.8 Å². The Labute approximate surface area is 167 Å². The van der Waals surface area contributed by atoms with Gasteiger partial charge in [0.25, 0.3) is 5.23 Å². The number of aliphatic hydroxyl groups excluding tert-OH is 1. The first kappa shape index (κ1) is 21.8. The zero-order valence-electron chi connectivity index (χ0n) is 15.0. The van der Waals surface area contributed by atoms with Crippen molar-refractivity contribution in [3.8, 4) is 0 Å². The first-order valence-electron chi connectivity index (χ1n) is 8.54. The van der Waals surface area contributed by atoms with Crippen molar-refractivity contribution in [1.29, 1.82) is 0 Å². The van der Waals surface area contributed by atoms with E-state index in [4.69, 9.17) is 14.2 Å². The summed E-state index contributed by atoms with van der Waals surface area (Å²) in [5, 5.41) is 11.7. The molecule has 1 saturated heterocycles. The lowest BCUT2D eigenvalue weighted by Crippen LogP contribution is -2.60. The van der Waals surface area contributed by atoms with Gasteiger partial charge in [-0.2, -0.15) is 13.2 Å². The summed E-state index contributed by atoms with van der Waals surface area (Å²) in [7, 11) is 1.30. The average molecular weight is 438 g/mol. The van der Waals surface area contributed by atoms with Gasteiger partial charge in [-0.1, -0.05) is 30.3 Å². The fraction of sp³-hybridized carbons (Fsp3) is 0.529. The zero-order chi connectivity index (χ0) is 21.2. The largest absolute Gasteiger partial charge is 0.417 e. The predicted octanol–water partition coefficient (Wildman–Crippen LogP) is 2.39. The molecule has 1 fully saturated rings. The summed E-state index contributed by atoms with van der Waals surface area (Å²) in [4.78, 5) is 15.2. The minimum atomic E-state index is -5.04. The third-order valence-corrected chi connectivity index (χ3v) is 5.33. The molecule has 2 heterocycles. The second-order valence-corrected chi connectivity index (χ2v) is 7.35. The van der Waals surface area contributed by atoms with Crippen LogP contribution in [0, 0.1) is 0 Å². The van der Waals surface area contributed by atoms with Crippen LogP contribution in [0.4, 0.5) is 22.4 Å². The molecule has 12 heteroatoms. The summed E-state index contributed by atoms with van der Waals surface area (Å²) in [6.45, 7) is -0.188. The van der Waals surface area contributed by atoms with Gasteiger partial charge in [-0.25, -0.2) is 14.2 Å². The quantitative estimate of drug-likeness (QED) is 0.702. The molecule has 3 rings (SSSR count). The van der Waals surface area contributed by atoms with Gasteiger partial charge in [0.1, 0.15) is 23.7 Å². The smallest absolute Gasteiger partial charge is 0.385 e. The van der Waals surface area contributed by atoms with Crippen molar-refractivity contribution in [2.45, 2.75) is 48.7 Å². The molecule has 160 valence electrons. The highest BCUT2D eigenvalue weighted by molar-refractivity contribution is 8.14. The predicted molar refractivity (Wildman–Crippen MR) is 95.0 cm³/mol. The van der Waals surface area contributed by atoms with Crippen molar-refractivity contribution in [3.05, 3.63) is 35.9 Å². The van der Waals surface area contributed by atoms with Gasteiger partial charge in [-0.3, -0.25) is 0 Å². The minimum absolute atomic E-state index is 0.188. The van der Waals surface area contributed by atoms with E-state index in [0.717, 1.165) is 0 Å². The van der Waals surface area contributed by atoms with E-state index in [1.54, 1.807) is 30.3 Å². The van der Waals surface area contributed by atoms with Gasteiger partial charge in [0.05, 0.1) is 6.61 Å². The van der Waals surface area contributed by atoms with E-state index in [2.05, 4.69) is 10.3 Å². The van der Waals surface area contributed by atoms with Crippen LogP contribution < -0.4 is 5.32 Å². The molecule has 1 aromatic carbocycles. The normalized spacial score (nSPS) is 30.3. The van der Waals surface area contributed by atoms with Crippen LogP contribution in [0.1, 0.15) is 5.56 Å². The molecule has 2 aliphatic heterocycles. The number of rotatable bonds is 4. The Morgan fingerprint density at radius 1 is 1.38 bits per heavy atom. The molecule has 0 spiro atoms. The highest BCUT2D eigenvalue weighted by atomic mass is 32.2. The molecule has 0 bridgehead atoms. The van der Waals surface area contributed by atoms with Crippen molar-refractivity contribution in [2.75, 3.05) is 7.05 Å².